The molecule has 6 heterocycles. The quantitative estimate of drug-likeness (QED) is 0.0159. The Bertz CT molecular complexity index is 5520. The zero-order chi connectivity index (χ0) is 104. The number of imide groups is 4. The third-order valence-corrected chi connectivity index (χ3v) is 24.8. The molecule has 10 amide bonds. The average Bonchev–Trinajstić information content (AvgIpc) is 1.64. The third-order valence-electron chi connectivity index (χ3n) is 24.8. The van der Waals surface area contributed by atoms with Crippen molar-refractivity contribution < 1.29 is 127 Å². The summed E-state index contributed by atoms with van der Waals surface area (Å²) in [5.74, 6) is -0.729. The molecule has 6 fully saturated rings. The number of nitrogens with one attached hydrogen (secondary N) is 2. The minimum atomic E-state index is -0.543. The SMILES string of the molecule is C=CCCC(=O)N1C(=O)OC[C@H]1Cc1ccccc1.C=CC[C@@H](CO)Cc1ccccc1.C=CC[C@@H](Cc1ccccc1)C(=O)N1C(=O)OC[C@H]1Cc1ccccc1.C=CC[C@H](CO)Cc1ccccc1.C=CC[C@H](Cc1ccccc1)C(=O)N1C(=O)OC[C@H]1Cc1ccccc1.O=C(CCc1ccccc1)N1C(=O)OC[C@H]1Cc1ccccc1.O=C1N[C@H](Cc2ccccc2)CO1.O=C1N[C@H](Cc2ccccc2)CO1.[AlH3].[AlH3].[H-].[H-].[Li+].[Li+]. The van der Waals surface area contributed by atoms with Gasteiger partial charge in [0.15, 0.2) is 34.7 Å². The first-order chi connectivity index (χ1) is 71.2. The van der Waals surface area contributed by atoms with Crippen LogP contribution in [-0.2, 0) is 118 Å². The minimum absolute atomic E-state index is 0. The second-order valence-corrected chi connectivity index (χ2v) is 36.0. The number of allylic oxidation sites excluding steroid dienone is 5. The molecule has 778 valence electrons. The molecule has 0 radical (unpaired) electrons. The molecule has 0 spiro atoms. The molecule has 10 atom stereocenters. The predicted octanol–water partition coefficient (Wildman–Crippen LogP) is 13.1. The zero-order valence-electron chi connectivity index (χ0n) is 87.1. The Morgan fingerprint density at radius 1 is 0.293 bits per heavy atom. The van der Waals surface area contributed by atoms with Gasteiger partial charge in [0.2, 0.25) is 23.6 Å². The molecule has 0 aromatic heterocycles. The molecule has 150 heavy (non-hydrogen) atoms. The van der Waals surface area contributed by atoms with Crippen LogP contribution in [0.1, 0.15) is 109 Å². The van der Waals surface area contributed by atoms with Gasteiger partial charge in [-0.2, -0.15) is 0 Å². The van der Waals surface area contributed by atoms with E-state index in [9.17, 15) is 47.9 Å². The van der Waals surface area contributed by atoms with E-state index in [1.165, 1.54) is 41.9 Å². The summed E-state index contributed by atoms with van der Waals surface area (Å²) in [4.78, 5) is 125. The molecule has 24 nitrogen and oxygen atoms in total. The smallest absolute Gasteiger partial charge is 1.00 e. The van der Waals surface area contributed by atoms with Crippen LogP contribution in [0.25, 0.3) is 0 Å². The van der Waals surface area contributed by atoms with E-state index in [4.69, 9.17) is 38.6 Å². The number of amides is 10. The fourth-order valence-corrected chi connectivity index (χ4v) is 17.3. The number of hydrogen-bond acceptors (Lipinski definition) is 18. The van der Waals surface area contributed by atoms with E-state index in [1.54, 1.807) is 18.2 Å². The van der Waals surface area contributed by atoms with Gasteiger partial charge in [0.1, 0.15) is 39.6 Å². The van der Waals surface area contributed by atoms with Gasteiger partial charge < -0.3 is 52.1 Å². The Morgan fingerprint density at radius 2 is 0.520 bits per heavy atom. The van der Waals surface area contributed by atoms with Crippen molar-refractivity contribution in [3.05, 3.63) is 458 Å². The van der Waals surface area contributed by atoms with E-state index < -0.39 is 24.4 Å². The number of benzene rings is 11. The second kappa shape index (κ2) is 71.3. The van der Waals surface area contributed by atoms with Gasteiger partial charge in [-0.15, -0.1) is 32.9 Å². The van der Waals surface area contributed by atoms with E-state index in [0.29, 0.717) is 102 Å². The van der Waals surface area contributed by atoms with Gasteiger partial charge in [0.25, 0.3) is 0 Å². The summed E-state index contributed by atoms with van der Waals surface area (Å²) in [6.45, 7) is 20.9. The van der Waals surface area contributed by atoms with Gasteiger partial charge >= 0.3 is 74.3 Å². The molecule has 4 N–H and O–H groups in total. The standard InChI is InChI=1S/2C22H23NO3.C19H19NO3.C15H17NO3.2C12H16O.2C10H11NO2.2Al.2Li.8H/c2*1-2-9-19(14-17-10-5-3-6-11-17)21(24)23-20(16-26-22(23)25)15-18-12-7-4-8-13-18;21-18(12-11-15-7-3-1-4-8-15)20-17(14-23-19(20)22)13-16-9-5-2-6-10-16;1-2-3-9-14(17)16-13(11-19-15(16)18)10-12-7-5-4-6-8-12;2*1-2-6-12(10-13)9-11-7-4-3-5-8-11;2*12-10-11-9(7-13-10)6-8-4-2-1-3-5-8;;;;;;;;;;;;/h2*2-8,10-13,19-20H,1,9,14-16H2;1-10,17H,11-14H2;2,4-8,13H,1,3,9-11H2;2*2-5,7-8,12-13H,1,6,9-10H2;2*1-5,9H,6-7H2,(H,11,12);;;;;;;;;;;;/q;;;;;;;;;;2*+1;;;;;;;2*-1/t19-,20+;19-,20-;17-;13-;2*12-;2*9-;;;;;;;;;;;;/m01111011............/s1. The molecule has 17 rings (SSSR count). The minimum Gasteiger partial charge on any atom is -1.00 e. The zero-order valence-corrected chi connectivity index (χ0v) is 85.1. The van der Waals surface area contributed by atoms with Crippen molar-refractivity contribution in [2.24, 2.45) is 23.7 Å². The van der Waals surface area contributed by atoms with Crippen LogP contribution in [0, 0.1) is 23.7 Å². The van der Waals surface area contributed by atoms with Crippen LogP contribution >= 0.6 is 0 Å². The van der Waals surface area contributed by atoms with E-state index >= 15 is 0 Å². The fraction of sp³-hybridized carbons (Fsp3) is 0.295. The largest absolute Gasteiger partial charge is 1.00 e. The van der Waals surface area contributed by atoms with Crippen molar-refractivity contribution >= 4 is 94.9 Å². The monoisotopic (exact) mass is 2050 g/mol. The summed E-state index contributed by atoms with van der Waals surface area (Å²) in [7, 11) is 0. The number of hydrogen-bond donors (Lipinski definition) is 4. The number of aliphatic hydroxyl groups excluding tert-OH is 2. The number of ether oxygens (including phenoxy) is 6. The molecular formula is C122H144Al2Li2N6O18. The molecule has 11 aromatic rings. The molecular weight excluding hydrogens is 1910 g/mol. The number of cyclic esters (lactones) is 6. The van der Waals surface area contributed by atoms with E-state index in [-0.39, 0.29) is 199 Å². The number of aryl methyl sites for hydroxylation is 1. The van der Waals surface area contributed by atoms with Crippen molar-refractivity contribution in [2.75, 3.05) is 52.9 Å². The number of aliphatic hydroxyl groups is 2. The van der Waals surface area contributed by atoms with Gasteiger partial charge in [-0.05, 0) is 176 Å². The van der Waals surface area contributed by atoms with E-state index in [2.05, 4.69) is 67.8 Å². The van der Waals surface area contributed by atoms with Crippen LogP contribution < -0.4 is 48.4 Å². The molecule has 0 aliphatic carbocycles. The van der Waals surface area contributed by atoms with Gasteiger partial charge in [0.05, 0.1) is 36.3 Å². The molecule has 28 heteroatoms. The number of carbonyl (C=O) groups excluding carboxylic acids is 10. The van der Waals surface area contributed by atoms with Crippen molar-refractivity contribution in [1.29, 1.82) is 0 Å². The van der Waals surface area contributed by atoms with Gasteiger partial charge in [-0.3, -0.25) is 19.2 Å². The Balaban J connectivity index is 0.000000365. The average molecular weight is 2050 g/mol. The second-order valence-electron chi connectivity index (χ2n) is 36.0. The maximum absolute atomic E-state index is 13.1. The van der Waals surface area contributed by atoms with Crippen LogP contribution in [-0.4, -0.2) is 214 Å². The van der Waals surface area contributed by atoms with Crippen LogP contribution in [0.3, 0.4) is 0 Å². The van der Waals surface area contributed by atoms with Crippen molar-refractivity contribution in [3.8, 4) is 0 Å². The summed E-state index contributed by atoms with van der Waals surface area (Å²) in [5, 5.41) is 23.6. The third kappa shape index (κ3) is 44.0. The molecule has 11 aromatic carbocycles. The summed E-state index contributed by atoms with van der Waals surface area (Å²) >= 11 is 0. The summed E-state index contributed by atoms with van der Waals surface area (Å²) in [6, 6.07) is 109. The predicted molar refractivity (Wildman–Crippen MR) is 590 cm³/mol. The number of rotatable bonds is 38. The van der Waals surface area contributed by atoms with Gasteiger partial charge in [-0.25, -0.2) is 48.4 Å². The first-order valence-electron chi connectivity index (χ1n) is 49.8. The van der Waals surface area contributed by atoms with Gasteiger partial charge in [0, 0.05) is 37.9 Å². The van der Waals surface area contributed by atoms with Crippen molar-refractivity contribution in [1.82, 2.24) is 30.2 Å². The summed E-state index contributed by atoms with van der Waals surface area (Å²) < 4.78 is 30.0. The number of carbonyl (C=O) groups is 10. The first-order valence-corrected chi connectivity index (χ1v) is 49.8. The molecule has 0 bridgehead atoms. The van der Waals surface area contributed by atoms with Crippen LogP contribution in [0.2, 0.25) is 0 Å². The van der Waals surface area contributed by atoms with Crippen LogP contribution in [0.5, 0.6) is 0 Å². The van der Waals surface area contributed by atoms with Crippen LogP contribution in [0.4, 0.5) is 28.8 Å². The maximum Gasteiger partial charge on any atom is 1.00 e. The summed E-state index contributed by atoms with van der Waals surface area (Å²) in [5.41, 5.74) is 12.6. The normalized spacial score (nSPS) is 16.8. The molecule has 6 aliphatic heterocycles. The fourth-order valence-electron chi connectivity index (χ4n) is 17.3. The summed E-state index contributed by atoms with van der Waals surface area (Å²) in [6.07, 6.45) is 17.9. The van der Waals surface area contributed by atoms with E-state index in [0.717, 1.165) is 77.5 Å². The van der Waals surface area contributed by atoms with Crippen LogP contribution in [0.15, 0.2) is 397 Å². The van der Waals surface area contributed by atoms with Gasteiger partial charge in [-0.1, -0.05) is 364 Å². The maximum atomic E-state index is 13.1. The molecule has 6 aliphatic rings. The van der Waals surface area contributed by atoms with Crippen molar-refractivity contribution in [2.45, 2.75) is 152 Å². The topological polar surface area (TPSA) is 304 Å². The molecule has 0 unspecified atom stereocenters. The first kappa shape index (κ1) is 125. The Labute approximate surface area is 931 Å². The van der Waals surface area contributed by atoms with E-state index in [1.807, 2.05) is 322 Å². The Kier molecular flexibility index (Phi) is 59.6. The Morgan fingerprint density at radius 3 is 0.760 bits per heavy atom. The number of nitrogens with zero attached hydrogens (tertiary/aromatic N) is 4. The van der Waals surface area contributed by atoms with Crippen molar-refractivity contribution in [3.63, 3.8) is 0 Å². The number of alkyl carbamates (subject to hydrolysis) is 2. The Hall–Kier alpha value is -13.4. The molecule has 0 saturated carbocycles. The molecule has 6 saturated heterocycles.